The van der Waals surface area contributed by atoms with Crippen molar-refractivity contribution in [1.82, 2.24) is 14.7 Å². The number of carbonyl (C=O) groups is 1. The van der Waals surface area contributed by atoms with Gasteiger partial charge < -0.3 is 9.32 Å². The van der Waals surface area contributed by atoms with Gasteiger partial charge in [-0.05, 0) is 56.4 Å². The molecular formula is C22H25N3O2. The van der Waals surface area contributed by atoms with E-state index in [2.05, 4.69) is 19.9 Å². The Labute approximate surface area is 159 Å². The van der Waals surface area contributed by atoms with Crippen molar-refractivity contribution in [2.24, 2.45) is 5.92 Å². The van der Waals surface area contributed by atoms with Crippen LogP contribution in [0.15, 0.2) is 47.1 Å². The summed E-state index contributed by atoms with van der Waals surface area (Å²) in [6.07, 6.45) is 3.72. The Hall–Kier alpha value is -2.82. The maximum atomic E-state index is 13.3. The summed E-state index contributed by atoms with van der Waals surface area (Å²) in [5, 5.41) is 4.72. The number of carbonyl (C=O) groups excluding carboxylic acids is 1. The minimum Gasteiger partial charge on any atom is -0.463 e. The normalized spacial score (nSPS) is 15.3. The molecule has 4 rings (SSSR count). The van der Waals surface area contributed by atoms with Gasteiger partial charge in [-0.3, -0.25) is 4.79 Å². The van der Waals surface area contributed by atoms with Crippen LogP contribution in [0.2, 0.25) is 0 Å². The van der Waals surface area contributed by atoms with Crippen molar-refractivity contribution in [1.29, 1.82) is 0 Å². The third-order valence-electron chi connectivity index (χ3n) is 5.35. The number of nitrogens with zero attached hydrogens (tertiary/aromatic N) is 3. The van der Waals surface area contributed by atoms with Gasteiger partial charge in [0, 0.05) is 19.2 Å². The number of amides is 1. The van der Waals surface area contributed by atoms with E-state index in [1.54, 1.807) is 10.9 Å². The Morgan fingerprint density at radius 3 is 2.59 bits per heavy atom. The van der Waals surface area contributed by atoms with Gasteiger partial charge in [0.15, 0.2) is 5.76 Å². The molecule has 0 atom stereocenters. The summed E-state index contributed by atoms with van der Waals surface area (Å²) in [5.41, 5.74) is 4.46. The number of hydrogen-bond donors (Lipinski definition) is 0. The molecule has 0 aliphatic carbocycles. The van der Waals surface area contributed by atoms with Gasteiger partial charge in [0.25, 0.3) is 5.91 Å². The molecule has 1 fully saturated rings. The minimum absolute atomic E-state index is 0.0344. The van der Waals surface area contributed by atoms with Gasteiger partial charge in [-0.25, -0.2) is 4.68 Å². The quantitative estimate of drug-likeness (QED) is 0.682. The maximum Gasteiger partial charge on any atom is 0.272 e. The third-order valence-corrected chi connectivity index (χ3v) is 5.35. The van der Waals surface area contributed by atoms with Crippen LogP contribution in [0.25, 0.3) is 17.1 Å². The largest absolute Gasteiger partial charge is 0.463 e. The molecule has 1 aliphatic rings. The summed E-state index contributed by atoms with van der Waals surface area (Å²) in [4.78, 5) is 15.2. The predicted octanol–water partition coefficient (Wildman–Crippen LogP) is 4.62. The van der Waals surface area contributed by atoms with Crippen LogP contribution >= 0.6 is 0 Å². The van der Waals surface area contributed by atoms with Gasteiger partial charge in [0.2, 0.25) is 0 Å². The van der Waals surface area contributed by atoms with Gasteiger partial charge >= 0.3 is 0 Å². The summed E-state index contributed by atoms with van der Waals surface area (Å²) in [6.45, 7) is 7.96. The SMILES string of the molecule is Cc1ccc(-n2nc(-c3ccco3)cc2C(=O)N2CCC(C)CC2)c(C)c1. The van der Waals surface area contributed by atoms with Crippen LogP contribution in [0.4, 0.5) is 0 Å². The highest BCUT2D eigenvalue weighted by atomic mass is 16.3. The fourth-order valence-electron chi connectivity index (χ4n) is 3.68. The van der Waals surface area contributed by atoms with Crippen molar-refractivity contribution in [3.05, 3.63) is 59.5 Å². The van der Waals surface area contributed by atoms with Crippen LogP contribution < -0.4 is 0 Å². The second kappa shape index (κ2) is 7.06. The Bertz CT molecular complexity index is 948. The first-order valence-corrected chi connectivity index (χ1v) is 9.54. The van der Waals surface area contributed by atoms with Gasteiger partial charge in [0.05, 0.1) is 12.0 Å². The molecule has 0 unspecified atom stereocenters. The lowest BCUT2D eigenvalue weighted by molar-refractivity contribution is 0.0688. The Kier molecular flexibility index (Phi) is 4.60. The molecule has 1 amide bonds. The summed E-state index contributed by atoms with van der Waals surface area (Å²) < 4.78 is 7.28. The third kappa shape index (κ3) is 3.42. The first-order valence-electron chi connectivity index (χ1n) is 9.54. The number of rotatable bonds is 3. The Morgan fingerprint density at radius 1 is 1.15 bits per heavy atom. The van der Waals surface area contributed by atoms with Crippen LogP contribution in [-0.4, -0.2) is 33.7 Å². The summed E-state index contributed by atoms with van der Waals surface area (Å²) >= 11 is 0. The van der Waals surface area contributed by atoms with Crippen LogP contribution in [-0.2, 0) is 0 Å². The first kappa shape index (κ1) is 17.6. The minimum atomic E-state index is 0.0344. The lowest BCUT2D eigenvalue weighted by Crippen LogP contribution is -2.38. The molecule has 2 aromatic heterocycles. The zero-order valence-corrected chi connectivity index (χ0v) is 16.1. The average Bonchev–Trinajstić information content (AvgIpc) is 3.31. The number of piperidine rings is 1. The second-order valence-electron chi connectivity index (χ2n) is 7.57. The molecule has 0 spiro atoms. The molecule has 5 heteroatoms. The van der Waals surface area contributed by atoms with E-state index >= 15 is 0 Å². The maximum absolute atomic E-state index is 13.3. The van der Waals surface area contributed by atoms with Crippen molar-refractivity contribution in [3.8, 4) is 17.1 Å². The van der Waals surface area contributed by atoms with E-state index in [0.29, 0.717) is 23.1 Å². The number of aryl methyl sites for hydroxylation is 2. The van der Waals surface area contributed by atoms with Crippen LogP contribution in [0.1, 0.15) is 41.4 Å². The Morgan fingerprint density at radius 2 is 1.93 bits per heavy atom. The lowest BCUT2D eigenvalue weighted by atomic mass is 9.99. The number of hydrogen-bond acceptors (Lipinski definition) is 3. The molecule has 3 aromatic rings. The van der Waals surface area contributed by atoms with Crippen LogP contribution in [0, 0.1) is 19.8 Å². The van der Waals surface area contributed by atoms with E-state index in [0.717, 1.165) is 37.2 Å². The second-order valence-corrected chi connectivity index (χ2v) is 7.57. The zero-order valence-electron chi connectivity index (χ0n) is 16.1. The average molecular weight is 363 g/mol. The van der Waals surface area contributed by atoms with Gasteiger partial charge in [-0.1, -0.05) is 24.6 Å². The van der Waals surface area contributed by atoms with Crippen molar-refractivity contribution < 1.29 is 9.21 Å². The van der Waals surface area contributed by atoms with E-state index < -0.39 is 0 Å². The van der Waals surface area contributed by atoms with E-state index in [-0.39, 0.29) is 5.91 Å². The van der Waals surface area contributed by atoms with Gasteiger partial charge in [0.1, 0.15) is 11.4 Å². The van der Waals surface area contributed by atoms with Crippen molar-refractivity contribution in [2.45, 2.75) is 33.6 Å². The molecular weight excluding hydrogens is 338 g/mol. The van der Waals surface area contributed by atoms with E-state index in [4.69, 9.17) is 9.52 Å². The smallest absolute Gasteiger partial charge is 0.272 e. The molecule has 1 aliphatic heterocycles. The first-order chi connectivity index (χ1) is 13.0. The Balaban J connectivity index is 1.78. The highest BCUT2D eigenvalue weighted by Crippen LogP contribution is 2.26. The topological polar surface area (TPSA) is 51.3 Å². The van der Waals surface area contributed by atoms with E-state index in [9.17, 15) is 4.79 Å². The molecule has 0 radical (unpaired) electrons. The molecule has 140 valence electrons. The highest BCUT2D eigenvalue weighted by molar-refractivity contribution is 5.94. The fourth-order valence-corrected chi connectivity index (χ4v) is 3.68. The van der Waals surface area contributed by atoms with Gasteiger partial charge in [-0.2, -0.15) is 5.10 Å². The van der Waals surface area contributed by atoms with E-state index in [1.807, 2.05) is 42.2 Å². The van der Waals surface area contributed by atoms with Gasteiger partial charge in [-0.15, -0.1) is 0 Å². The fraction of sp³-hybridized carbons (Fsp3) is 0.364. The number of benzene rings is 1. The summed E-state index contributed by atoms with van der Waals surface area (Å²) in [7, 11) is 0. The number of furan rings is 1. The zero-order chi connectivity index (χ0) is 19.0. The monoisotopic (exact) mass is 363 g/mol. The molecule has 0 bridgehead atoms. The van der Waals surface area contributed by atoms with Crippen molar-refractivity contribution in [3.63, 3.8) is 0 Å². The molecule has 0 saturated carbocycles. The molecule has 27 heavy (non-hydrogen) atoms. The summed E-state index contributed by atoms with van der Waals surface area (Å²) in [5.74, 6) is 1.38. The van der Waals surface area contributed by atoms with E-state index in [1.165, 1.54) is 5.56 Å². The van der Waals surface area contributed by atoms with Crippen molar-refractivity contribution >= 4 is 5.91 Å². The number of likely N-dealkylation sites (tertiary alicyclic amines) is 1. The molecule has 1 aromatic carbocycles. The number of aromatic nitrogens is 2. The lowest BCUT2D eigenvalue weighted by Gasteiger charge is -2.30. The highest BCUT2D eigenvalue weighted by Gasteiger charge is 2.26. The molecule has 5 nitrogen and oxygen atoms in total. The molecule has 1 saturated heterocycles. The standard InChI is InChI=1S/C22H25N3O2/c1-15-8-10-24(11-9-15)22(26)20-14-18(21-5-4-12-27-21)23-25(20)19-7-6-16(2)13-17(19)3/h4-7,12-15H,8-11H2,1-3H3. The van der Waals surface area contributed by atoms with Crippen LogP contribution in [0.5, 0.6) is 0 Å². The van der Waals surface area contributed by atoms with Crippen LogP contribution in [0.3, 0.4) is 0 Å². The van der Waals surface area contributed by atoms with Crippen molar-refractivity contribution in [2.75, 3.05) is 13.1 Å². The molecule has 0 N–H and O–H groups in total. The molecule has 3 heterocycles. The summed E-state index contributed by atoms with van der Waals surface area (Å²) in [6, 6.07) is 11.7. The predicted molar refractivity (Wildman–Crippen MR) is 105 cm³/mol.